The molecule has 1 aromatic carbocycles. The van der Waals surface area contributed by atoms with E-state index in [1.807, 2.05) is 0 Å². The Morgan fingerprint density at radius 1 is 1.21 bits per heavy atom. The topological polar surface area (TPSA) is 101 Å². The molecule has 0 saturated carbocycles. The molecule has 1 aliphatic heterocycles. The molecule has 3 amide bonds. The molecule has 3 rings (SSSR count). The minimum Gasteiger partial charge on any atom is -0.481 e. The number of hydrogen-bond donors (Lipinski definition) is 2. The number of hydrogen-bond acceptors (Lipinski definition) is 5. The van der Waals surface area contributed by atoms with Crippen LogP contribution < -0.4 is 15.6 Å². The standard InChI is InChI=1S/C20H22FN3O5/c1-13(29-16-8-6-15(21)7-9-16)18(25)22-23-19(26)14-4-2-10-24(12-14)20(27)17-5-3-11-28-17/h3,5-9,11,13-14H,2,4,10,12H2,1H3,(H,22,25)(H,23,26). The van der Waals surface area contributed by atoms with E-state index in [9.17, 15) is 18.8 Å². The fourth-order valence-corrected chi connectivity index (χ4v) is 3.03. The molecular weight excluding hydrogens is 381 g/mol. The van der Waals surface area contributed by atoms with Crippen LogP contribution in [0.25, 0.3) is 0 Å². The van der Waals surface area contributed by atoms with Crippen LogP contribution in [0.2, 0.25) is 0 Å². The predicted octanol–water partition coefficient (Wildman–Crippen LogP) is 1.89. The summed E-state index contributed by atoms with van der Waals surface area (Å²) in [6.45, 7) is 2.29. The first kappa shape index (κ1) is 20.4. The number of benzene rings is 1. The summed E-state index contributed by atoms with van der Waals surface area (Å²) in [5, 5.41) is 0. The summed E-state index contributed by atoms with van der Waals surface area (Å²) >= 11 is 0. The summed E-state index contributed by atoms with van der Waals surface area (Å²) in [5.41, 5.74) is 4.71. The van der Waals surface area contributed by atoms with Crippen molar-refractivity contribution in [3.05, 3.63) is 54.2 Å². The molecule has 1 aromatic heterocycles. The minimum atomic E-state index is -0.899. The quantitative estimate of drug-likeness (QED) is 0.743. The summed E-state index contributed by atoms with van der Waals surface area (Å²) in [5.74, 6) is -1.50. The van der Waals surface area contributed by atoms with Gasteiger partial charge in [0.05, 0.1) is 12.2 Å². The molecule has 9 heteroatoms. The Kier molecular flexibility index (Phi) is 6.48. The molecule has 1 saturated heterocycles. The van der Waals surface area contributed by atoms with Crippen LogP contribution in [-0.4, -0.2) is 41.8 Å². The lowest BCUT2D eigenvalue weighted by atomic mass is 9.97. The molecule has 0 bridgehead atoms. The lowest BCUT2D eigenvalue weighted by Crippen LogP contribution is -2.52. The molecular formula is C20H22FN3O5. The Morgan fingerprint density at radius 3 is 2.66 bits per heavy atom. The largest absolute Gasteiger partial charge is 0.481 e. The number of hydrazine groups is 1. The molecule has 2 atom stereocenters. The van der Waals surface area contributed by atoms with E-state index in [1.54, 1.807) is 17.0 Å². The molecule has 0 radical (unpaired) electrons. The highest BCUT2D eigenvalue weighted by atomic mass is 19.1. The van der Waals surface area contributed by atoms with E-state index < -0.39 is 23.7 Å². The molecule has 154 valence electrons. The first-order valence-electron chi connectivity index (χ1n) is 9.28. The number of piperidine rings is 1. The van der Waals surface area contributed by atoms with E-state index in [0.717, 1.165) is 0 Å². The number of amides is 3. The van der Waals surface area contributed by atoms with Crippen molar-refractivity contribution in [2.24, 2.45) is 5.92 Å². The second-order valence-electron chi connectivity index (χ2n) is 6.76. The summed E-state index contributed by atoms with van der Waals surface area (Å²) in [4.78, 5) is 38.5. The second-order valence-corrected chi connectivity index (χ2v) is 6.76. The summed E-state index contributed by atoms with van der Waals surface area (Å²) in [7, 11) is 0. The van der Waals surface area contributed by atoms with Crippen LogP contribution in [0.4, 0.5) is 4.39 Å². The van der Waals surface area contributed by atoms with E-state index in [-0.39, 0.29) is 24.1 Å². The molecule has 2 heterocycles. The van der Waals surface area contributed by atoms with Crippen molar-refractivity contribution < 1.29 is 27.9 Å². The van der Waals surface area contributed by atoms with Gasteiger partial charge in [0, 0.05) is 13.1 Å². The maximum Gasteiger partial charge on any atom is 0.289 e. The van der Waals surface area contributed by atoms with E-state index in [1.165, 1.54) is 37.5 Å². The third kappa shape index (κ3) is 5.34. The zero-order chi connectivity index (χ0) is 20.8. The molecule has 1 fully saturated rings. The van der Waals surface area contributed by atoms with Crippen molar-refractivity contribution in [1.29, 1.82) is 0 Å². The molecule has 8 nitrogen and oxygen atoms in total. The van der Waals surface area contributed by atoms with Crippen molar-refractivity contribution in [2.45, 2.75) is 25.9 Å². The third-order valence-electron chi connectivity index (χ3n) is 4.62. The zero-order valence-corrected chi connectivity index (χ0v) is 15.9. The van der Waals surface area contributed by atoms with Gasteiger partial charge in [-0.05, 0) is 56.2 Å². The highest BCUT2D eigenvalue weighted by molar-refractivity contribution is 5.92. The fourth-order valence-electron chi connectivity index (χ4n) is 3.03. The SMILES string of the molecule is CC(Oc1ccc(F)cc1)C(=O)NNC(=O)C1CCCN(C(=O)c2ccco2)C1. The van der Waals surface area contributed by atoms with Crippen molar-refractivity contribution >= 4 is 17.7 Å². The highest BCUT2D eigenvalue weighted by Gasteiger charge is 2.30. The smallest absolute Gasteiger partial charge is 0.289 e. The van der Waals surface area contributed by atoms with Crippen LogP contribution in [0.1, 0.15) is 30.3 Å². The van der Waals surface area contributed by atoms with Crippen LogP contribution in [-0.2, 0) is 9.59 Å². The number of rotatable bonds is 5. The number of nitrogens with zero attached hydrogens (tertiary/aromatic N) is 1. The third-order valence-corrected chi connectivity index (χ3v) is 4.62. The number of nitrogens with one attached hydrogen (secondary N) is 2. The van der Waals surface area contributed by atoms with Crippen LogP contribution in [0, 0.1) is 11.7 Å². The monoisotopic (exact) mass is 403 g/mol. The Labute approximate surface area is 167 Å². The van der Waals surface area contributed by atoms with Crippen molar-refractivity contribution in [3.63, 3.8) is 0 Å². The average molecular weight is 403 g/mol. The Balaban J connectivity index is 1.47. The van der Waals surface area contributed by atoms with Crippen molar-refractivity contribution in [2.75, 3.05) is 13.1 Å². The van der Waals surface area contributed by atoms with Gasteiger partial charge >= 0.3 is 0 Å². The van der Waals surface area contributed by atoms with Crippen LogP contribution in [0.3, 0.4) is 0 Å². The van der Waals surface area contributed by atoms with E-state index in [4.69, 9.17) is 9.15 Å². The average Bonchev–Trinajstić information content (AvgIpc) is 3.27. The fraction of sp³-hybridized carbons (Fsp3) is 0.350. The molecule has 2 N–H and O–H groups in total. The normalized spacial score (nSPS) is 17.3. The van der Waals surface area contributed by atoms with Crippen LogP contribution >= 0.6 is 0 Å². The number of carbonyl (C=O) groups is 3. The number of furan rings is 1. The van der Waals surface area contributed by atoms with Gasteiger partial charge in [0.15, 0.2) is 11.9 Å². The number of carbonyl (C=O) groups excluding carboxylic acids is 3. The Bertz CT molecular complexity index is 854. The van der Waals surface area contributed by atoms with Gasteiger partial charge < -0.3 is 14.1 Å². The van der Waals surface area contributed by atoms with Crippen LogP contribution in [0.5, 0.6) is 5.75 Å². The van der Waals surface area contributed by atoms with E-state index in [2.05, 4.69) is 10.9 Å². The molecule has 0 spiro atoms. The maximum absolute atomic E-state index is 12.9. The molecule has 2 unspecified atom stereocenters. The minimum absolute atomic E-state index is 0.228. The van der Waals surface area contributed by atoms with Gasteiger partial charge in [-0.3, -0.25) is 25.2 Å². The first-order chi connectivity index (χ1) is 13.9. The van der Waals surface area contributed by atoms with Gasteiger partial charge in [0.2, 0.25) is 5.91 Å². The van der Waals surface area contributed by atoms with E-state index in [0.29, 0.717) is 25.1 Å². The first-order valence-corrected chi connectivity index (χ1v) is 9.28. The number of likely N-dealkylation sites (tertiary alicyclic amines) is 1. The lowest BCUT2D eigenvalue weighted by Gasteiger charge is -2.31. The Morgan fingerprint density at radius 2 is 1.97 bits per heavy atom. The molecule has 2 aromatic rings. The maximum atomic E-state index is 12.9. The van der Waals surface area contributed by atoms with Gasteiger partial charge in [-0.15, -0.1) is 0 Å². The number of ether oxygens (including phenoxy) is 1. The molecule has 1 aliphatic rings. The van der Waals surface area contributed by atoms with Gasteiger partial charge in [0.1, 0.15) is 11.6 Å². The van der Waals surface area contributed by atoms with Crippen molar-refractivity contribution in [1.82, 2.24) is 15.8 Å². The van der Waals surface area contributed by atoms with Gasteiger partial charge in [-0.2, -0.15) is 0 Å². The molecule has 0 aliphatic carbocycles. The molecule has 29 heavy (non-hydrogen) atoms. The predicted molar refractivity (Wildman–Crippen MR) is 100 cm³/mol. The van der Waals surface area contributed by atoms with Gasteiger partial charge in [0.25, 0.3) is 11.8 Å². The lowest BCUT2D eigenvalue weighted by molar-refractivity contribution is -0.135. The van der Waals surface area contributed by atoms with Gasteiger partial charge in [-0.25, -0.2) is 4.39 Å². The Hall–Kier alpha value is -3.36. The van der Waals surface area contributed by atoms with Crippen molar-refractivity contribution in [3.8, 4) is 5.75 Å². The van der Waals surface area contributed by atoms with E-state index >= 15 is 0 Å². The highest BCUT2D eigenvalue weighted by Crippen LogP contribution is 2.19. The van der Waals surface area contributed by atoms with Gasteiger partial charge in [-0.1, -0.05) is 0 Å². The number of halogens is 1. The summed E-state index contributed by atoms with van der Waals surface area (Å²) in [6, 6.07) is 8.47. The van der Waals surface area contributed by atoms with Crippen LogP contribution in [0.15, 0.2) is 47.1 Å². The second kappa shape index (κ2) is 9.22. The summed E-state index contributed by atoms with van der Waals surface area (Å²) < 4.78 is 23.4. The summed E-state index contributed by atoms with van der Waals surface area (Å²) in [6.07, 6.45) is 1.80. The zero-order valence-electron chi connectivity index (χ0n) is 15.9.